The second-order valence-electron chi connectivity index (χ2n) is 9.13. The number of fused-ring (bicyclic) bond motifs is 5. The SMILES string of the molecule is COc1ccccc1[C@H]1CN2C(=O)N(c3ccc([N+](=O)[O-])cc3)C(=O)[C@]2(C)c2[nH]c3ccccc3c21. The van der Waals surface area contributed by atoms with E-state index in [0.29, 0.717) is 11.4 Å². The van der Waals surface area contributed by atoms with Gasteiger partial charge in [0.25, 0.3) is 11.6 Å². The number of anilines is 1. The Bertz CT molecular complexity index is 1560. The molecule has 9 nitrogen and oxygen atoms in total. The van der Waals surface area contributed by atoms with Crippen LogP contribution in [0.2, 0.25) is 0 Å². The second-order valence-corrected chi connectivity index (χ2v) is 9.13. The molecular formula is C27H22N4O5. The fourth-order valence-corrected chi connectivity index (χ4v) is 5.58. The number of carbonyl (C=O) groups is 2. The summed E-state index contributed by atoms with van der Waals surface area (Å²) < 4.78 is 5.66. The summed E-state index contributed by atoms with van der Waals surface area (Å²) in [5, 5.41) is 12.1. The number of nitro benzene ring substituents is 1. The molecule has 4 aromatic rings. The van der Waals surface area contributed by atoms with E-state index in [1.165, 1.54) is 24.3 Å². The Balaban J connectivity index is 1.55. The lowest BCUT2D eigenvalue weighted by atomic mass is 9.78. The van der Waals surface area contributed by atoms with Crippen molar-refractivity contribution in [3.63, 3.8) is 0 Å². The van der Waals surface area contributed by atoms with Crippen LogP contribution in [0, 0.1) is 10.1 Å². The number of urea groups is 1. The number of nitrogens with one attached hydrogen (secondary N) is 1. The lowest BCUT2D eigenvalue weighted by Crippen LogP contribution is -2.50. The first kappa shape index (κ1) is 21.8. The van der Waals surface area contributed by atoms with Crippen LogP contribution in [0.3, 0.4) is 0 Å². The molecule has 3 heterocycles. The molecule has 1 saturated heterocycles. The topological polar surface area (TPSA) is 109 Å². The van der Waals surface area contributed by atoms with Gasteiger partial charge < -0.3 is 14.6 Å². The number of para-hydroxylation sites is 2. The average molecular weight is 482 g/mol. The Labute approximate surface area is 206 Å². The zero-order chi connectivity index (χ0) is 25.2. The van der Waals surface area contributed by atoms with E-state index in [1.54, 1.807) is 18.9 Å². The van der Waals surface area contributed by atoms with Crippen molar-refractivity contribution >= 4 is 34.2 Å². The molecule has 1 fully saturated rings. The van der Waals surface area contributed by atoms with Crippen molar-refractivity contribution in [3.8, 4) is 5.75 Å². The van der Waals surface area contributed by atoms with Crippen molar-refractivity contribution in [1.29, 1.82) is 0 Å². The van der Waals surface area contributed by atoms with Crippen molar-refractivity contribution in [2.24, 2.45) is 0 Å². The van der Waals surface area contributed by atoms with Crippen molar-refractivity contribution in [2.75, 3.05) is 18.6 Å². The molecule has 36 heavy (non-hydrogen) atoms. The number of aromatic nitrogens is 1. The quantitative estimate of drug-likeness (QED) is 0.252. The van der Waals surface area contributed by atoms with Gasteiger partial charge in [-0.1, -0.05) is 36.4 Å². The van der Waals surface area contributed by atoms with Crippen LogP contribution in [0.1, 0.15) is 29.7 Å². The van der Waals surface area contributed by atoms with Crippen molar-refractivity contribution in [2.45, 2.75) is 18.4 Å². The number of imide groups is 1. The molecule has 1 N–H and O–H groups in total. The third-order valence-electron chi connectivity index (χ3n) is 7.36. The predicted octanol–water partition coefficient (Wildman–Crippen LogP) is 4.91. The minimum absolute atomic E-state index is 0.115. The van der Waals surface area contributed by atoms with Crippen LogP contribution in [-0.2, 0) is 10.3 Å². The summed E-state index contributed by atoms with van der Waals surface area (Å²) in [6.07, 6.45) is 0. The monoisotopic (exact) mass is 482 g/mol. The smallest absolute Gasteiger partial charge is 0.332 e. The first-order valence-corrected chi connectivity index (χ1v) is 11.5. The summed E-state index contributed by atoms with van der Waals surface area (Å²) in [5.74, 6) is 0.0501. The minimum Gasteiger partial charge on any atom is -0.496 e. The molecular weight excluding hydrogens is 460 g/mol. The Morgan fingerprint density at radius 3 is 2.44 bits per heavy atom. The maximum Gasteiger partial charge on any atom is 0.332 e. The van der Waals surface area contributed by atoms with E-state index in [1.807, 2.05) is 48.5 Å². The van der Waals surface area contributed by atoms with Gasteiger partial charge in [-0.05, 0) is 36.8 Å². The van der Waals surface area contributed by atoms with E-state index in [4.69, 9.17) is 4.74 Å². The average Bonchev–Trinajstić information content (AvgIpc) is 3.38. The van der Waals surface area contributed by atoms with Crippen LogP contribution >= 0.6 is 0 Å². The molecule has 9 heteroatoms. The molecule has 0 unspecified atom stereocenters. The van der Waals surface area contributed by atoms with Crippen molar-refractivity contribution in [1.82, 2.24) is 9.88 Å². The van der Waals surface area contributed by atoms with Gasteiger partial charge in [0.05, 0.1) is 23.4 Å². The molecule has 0 radical (unpaired) electrons. The number of amides is 3. The molecule has 6 rings (SSSR count). The van der Waals surface area contributed by atoms with Crippen molar-refractivity contribution in [3.05, 3.63) is 99.7 Å². The van der Waals surface area contributed by atoms with E-state index in [2.05, 4.69) is 4.98 Å². The van der Waals surface area contributed by atoms with Crippen LogP contribution in [0.5, 0.6) is 5.75 Å². The van der Waals surface area contributed by atoms with E-state index in [9.17, 15) is 19.7 Å². The molecule has 0 bridgehead atoms. The molecule has 0 aliphatic carbocycles. The van der Waals surface area contributed by atoms with Gasteiger partial charge in [0.1, 0.15) is 5.75 Å². The van der Waals surface area contributed by atoms with Gasteiger partial charge >= 0.3 is 6.03 Å². The van der Waals surface area contributed by atoms with E-state index >= 15 is 0 Å². The van der Waals surface area contributed by atoms with Gasteiger partial charge in [-0.3, -0.25) is 14.9 Å². The van der Waals surface area contributed by atoms with E-state index < -0.39 is 22.4 Å². The van der Waals surface area contributed by atoms with Crippen LogP contribution in [0.4, 0.5) is 16.2 Å². The molecule has 2 atom stereocenters. The number of ether oxygens (including phenoxy) is 1. The molecule has 2 aliphatic rings. The van der Waals surface area contributed by atoms with Gasteiger partial charge in [0.2, 0.25) is 0 Å². The second kappa shape index (κ2) is 7.67. The maximum atomic E-state index is 14.0. The maximum absolute atomic E-state index is 14.0. The fourth-order valence-electron chi connectivity index (χ4n) is 5.58. The molecule has 3 amide bonds. The zero-order valence-corrected chi connectivity index (χ0v) is 19.6. The van der Waals surface area contributed by atoms with Crippen LogP contribution < -0.4 is 9.64 Å². The number of aromatic amines is 1. The highest BCUT2D eigenvalue weighted by atomic mass is 16.6. The number of non-ortho nitro benzene ring substituents is 1. The van der Waals surface area contributed by atoms with Crippen LogP contribution in [0.25, 0.3) is 10.9 Å². The van der Waals surface area contributed by atoms with Crippen LogP contribution in [0.15, 0.2) is 72.8 Å². The fraction of sp³-hybridized carbons (Fsp3) is 0.185. The number of hydrogen-bond donors (Lipinski definition) is 1. The van der Waals surface area contributed by atoms with Crippen LogP contribution in [-0.4, -0.2) is 40.4 Å². The lowest BCUT2D eigenvalue weighted by molar-refractivity contribution is -0.384. The Morgan fingerprint density at radius 1 is 1.03 bits per heavy atom. The minimum atomic E-state index is -1.27. The zero-order valence-electron chi connectivity index (χ0n) is 19.6. The Kier molecular flexibility index (Phi) is 4.66. The number of methoxy groups -OCH3 is 1. The third-order valence-corrected chi connectivity index (χ3v) is 7.36. The predicted molar refractivity (Wildman–Crippen MR) is 133 cm³/mol. The number of H-pyrrole nitrogens is 1. The lowest BCUT2D eigenvalue weighted by Gasteiger charge is -2.40. The summed E-state index contributed by atoms with van der Waals surface area (Å²) in [6, 6.07) is 20.5. The van der Waals surface area contributed by atoms with Gasteiger partial charge in [-0.2, -0.15) is 0 Å². The number of nitrogens with zero attached hydrogens (tertiary/aromatic N) is 3. The number of rotatable bonds is 4. The van der Waals surface area contributed by atoms with E-state index in [-0.39, 0.29) is 23.8 Å². The number of carbonyl (C=O) groups excluding carboxylic acids is 2. The number of benzene rings is 3. The number of hydrogen-bond acceptors (Lipinski definition) is 5. The third kappa shape index (κ3) is 2.82. The van der Waals surface area contributed by atoms with Gasteiger partial charge in [0, 0.05) is 41.1 Å². The highest BCUT2D eigenvalue weighted by Crippen LogP contribution is 2.51. The number of nitro groups is 1. The normalized spacial score (nSPS) is 21.0. The summed E-state index contributed by atoms with van der Waals surface area (Å²) in [6.45, 7) is 2.02. The molecule has 3 aromatic carbocycles. The highest BCUT2D eigenvalue weighted by molar-refractivity contribution is 6.23. The standard InChI is InChI=1S/C27H22N4O5/c1-27-24-23(19-8-3-5-9-21(19)28-24)20(18-7-4-6-10-22(18)36-2)15-29(27)26(33)30(25(27)32)16-11-13-17(14-12-16)31(34)35/h3-14,20,28H,15H2,1-2H3/t20-,27+/m1/s1. The molecule has 180 valence electrons. The Morgan fingerprint density at radius 2 is 1.72 bits per heavy atom. The Hall–Kier alpha value is -4.66. The first-order valence-electron chi connectivity index (χ1n) is 11.5. The summed E-state index contributed by atoms with van der Waals surface area (Å²) in [4.78, 5) is 44.5. The summed E-state index contributed by atoms with van der Waals surface area (Å²) in [5.41, 5.74) is 2.32. The molecule has 0 saturated carbocycles. The highest BCUT2D eigenvalue weighted by Gasteiger charge is 2.60. The van der Waals surface area contributed by atoms with Crippen molar-refractivity contribution < 1.29 is 19.2 Å². The van der Waals surface area contributed by atoms with E-state index in [0.717, 1.165) is 26.9 Å². The summed E-state index contributed by atoms with van der Waals surface area (Å²) in [7, 11) is 1.61. The molecule has 1 aromatic heterocycles. The molecule has 0 spiro atoms. The largest absolute Gasteiger partial charge is 0.496 e. The summed E-state index contributed by atoms with van der Waals surface area (Å²) >= 11 is 0. The molecule has 2 aliphatic heterocycles. The van der Waals surface area contributed by atoms with Gasteiger partial charge in [-0.15, -0.1) is 0 Å². The van der Waals surface area contributed by atoms with Gasteiger partial charge in [-0.25, -0.2) is 9.69 Å². The first-order chi connectivity index (χ1) is 17.4. The van der Waals surface area contributed by atoms with Gasteiger partial charge in [0.15, 0.2) is 5.54 Å².